The predicted molar refractivity (Wildman–Crippen MR) is 71.7 cm³/mol. The molecule has 0 saturated carbocycles. The van der Waals surface area contributed by atoms with Gasteiger partial charge in [0, 0.05) is 10.9 Å². The Bertz CT molecular complexity index is 625. The minimum absolute atomic E-state index is 0.254. The van der Waals surface area contributed by atoms with Crippen LogP contribution in [0.25, 0.3) is 11.3 Å². The molecule has 4 N–H and O–H groups in total. The molecule has 1 aromatic carbocycles. The molecular weight excluding hydrogens is 289 g/mol. The van der Waals surface area contributed by atoms with Crippen molar-refractivity contribution in [3.8, 4) is 11.3 Å². The highest BCUT2D eigenvalue weighted by atomic mass is 32.1. The summed E-state index contributed by atoms with van der Waals surface area (Å²) < 4.78 is 10.6. The second-order valence-electron chi connectivity index (χ2n) is 3.51. The molecule has 0 aliphatic heterocycles. The lowest BCUT2D eigenvalue weighted by Crippen LogP contribution is -2.25. The van der Waals surface area contributed by atoms with E-state index in [0.717, 1.165) is 16.9 Å². The first kappa shape index (κ1) is 13.7. The van der Waals surface area contributed by atoms with Gasteiger partial charge in [0.2, 0.25) is 0 Å². The van der Waals surface area contributed by atoms with Crippen LogP contribution in [0.3, 0.4) is 0 Å². The number of rotatable bonds is 3. The Morgan fingerprint density at radius 3 is 2.58 bits per heavy atom. The summed E-state index contributed by atoms with van der Waals surface area (Å²) in [6.07, 6.45) is 0. The van der Waals surface area contributed by atoms with Crippen LogP contribution in [0.1, 0.15) is 0 Å². The predicted octanol–water partition coefficient (Wildman–Crippen LogP) is 2.02. The molecule has 7 nitrogen and oxygen atoms in total. The number of benzene rings is 1. The highest BCUT2D eigenvalue weighted by Crippen LogP contribution is 2.29. The first-order chi connectivity index (χ1) is 8.94. The van der Waals surface area contributed by atoms with Gasteiger partial charge in [-0.25, -0.2) is 19.4 Å². The van der Waals surface area contributed by atoms with Crippen LogP contribution in [-0.4, -0.2) is 20.8 Å². The zero-order valence-corrected chi connectivity index (χ0v) is 11.2. The van der Waals surface area contributed by atoms with E-state index in [-0.39, 0.29) is 5.13 Å². The fourth-order valence-electron chi connectivity index (χ4n) is 1.33. The summed E-state index contributed by atoms with van der Waals surface area (Å²) in [7, 11) is -4.60. The van der Waals surface area contributed by atoms with Crippen molar-refractivity contribution in [2.45, 2.75) is 0 Å². The molecule has 0 bridgehead atoms. The van der Waals surface area contributed by atoms with Gasteiger partial charge >= 0.3 is 13.8 Å². The normalized spacial score (nSPS) is 11.1. The Morgan fingerprint density at radius 1 is 1.26 bits per heavy atom. The number of nitrogens with zero attached hydrogens (tertiary/aromatic N) is 1. The van der Waals surface area contributed by atoms with Gasteiger partial charge in [-0.3, -0.25) is 5.32 Å². The molecule has 0 fully saturated rings. The summed E-state index contributed by atoms with van der Waals surface area (Å²) in [5.74, 6) is 0. The molecule has 1 aromatic heterocycles. The number of hydrogen-bond donors (Lipinski definition) is 4. The van der Waals surface area contributed by atoms with Gasteiger partial charge in [0.25, 0.3) is 0 Å². The average Bonchev–Trinajstić information content (AvgIpc) is 2.76. The molecule has 0 unspecified atom stereocenters. The van der Waals surface area contributed by atoms with Crippen LogP contribution in [0, 0.1) is 0 Å². The lowest BCUT2D eigenvalue weighted by atomic mass is 10.2. The van der Waals surface area contributed by atoms with E-state index in [9.17, 15) is 9.36 Å². The standard InChI is InChI=1S/C10H10N3O4PS/c14-9(13-18(15,16)17)12-10-11-8(6-19-10)7-4-2-1-3-5-7/h1-6H,(H4,11,12,13,14,15,16,17). The Morgan fingerprint density at radius 2 is 1.95 bits per heavy atom. The van der Waals surface area contributed by atoms with Crippen molar-refractivity contribution in [1.82, 2.24) is 10.1 Å². The van der Waals surface area contributed by atoms with Crippen molar-refractivity contribution in [1.29, 1.82) is 0 Å². The molecule has 2 aromatic rings. The molecule has 2 rings (SSSR count). The van der Waals surface area contributed by atoms with Gasteiger partial charge in [-0.05, 0) is 0 Å². The van der Waals surface area contributed by atoms with Crippen LogP contribution in [0.5, 0.6) is 0 Å². The van der Waals surface area contributed by atoms with Crippen molar-refractivity contribution in [3.63, 3.8) is 0 Å². The second kappa shape index (κ2) is 5.50. The van der Waals surface area contributed by atoms with Crippen molar-refractivity contribution < 1.29 is 19.1 Å². The quantitative estimate of drug-likeness (QED) is 0.648. The molecule has 100 valence electrons. The largest absolute Gasteiger partial charge is 0.431 e. The van der Waals surface area contributed by atoms with E-state index in [1.165, 1.54) is 5.09 Å². The van der Waals surface area contributed by atoms with E-state index in [4.69, 9.17) is 9.79 Å². The van der Waals surface area contributed by atoms with Gasteiger partial charge in [0.1, 0.15) is 0 Å². The van der Waals surface area contributed by atoms with E-state index in [1.807, 2.05) is 30.3 Å². The molecular formula is C10H10N3O4PS. The molecule has 19 heavy (non-hydrogen) atoms. The number of carbonyl (C=O) groups is 1. The summed E-state index contributed by atoms with van der Waals surface area (Å²) in [5, 5.41) is 5.75. The van der Waals surface area contributed by atoms with Crippen LogP contribution in [0.2, 0.25) is 0 Å². The zero-order valence-electron chi connectivity index (χ0n) is 9.48. The molecule has 9 heteroatoms. The molecule has 0 radical (unpaired) electrons. The van der Waals surface area contributed by atoms with Gasteiger partial charge in [-0.1, -0.05) is 30.3 Å². The third-order valence-corrected chi connectivity index (χ3v) is 3.29. The average molecular weight is 299 g/mol. The maximum Gasteiger partial charge on any atom is 0.431 e. The Balaban J connectivity index is 2.06. The Hall–Kier alpha value is -1.73. The number of nitrogens with one attached hydrogen (secondary N) is 2. The monoisotopic (exact) mass is 299 g/mol. The lowest BCUT2D eigenvalue weighted by molar-refractivity contribution is 0.253. The van der Waals surface area contributed by atoms with E-state index in [1.54, 1.807) is 5.38 Å². The maximum atomic E-state index is 11.2. The van der Waals surface area contributed by atoms with Crippen LogP contribution in [0.4, 0.5) is 9.93 Å². The van der Waals surface area contributed by atoms with Crippen molar-refractivity contribution >= 4 is 30.2 Å². The van der Waals surface area contributed by atoms with Gasteiger partial charge in [-0.15, -0.1) is 11.3 Å². The Kier molecular flexibility index (Phi) is 3.96. The first-order valence-corrected chi connectivity index (χ1v) is 7.59. The highest BCUT2D eigenvalue weighted by molar-refractivity contribution is 7.50. The molecule has 0 atom stereocenters. The highest BCUT2D eigenvalue weighted by Gasteiger charge is 2.17. The Labute approximate surface area is 112 Å². The number of urea groups is 1. The van der Waals surface area contributed by atoms with Crippen molar-refractivity contribution in [2.75, 3.05) is 5.32 Å². The topological polar surface area (TPSA) is 112 Å². The number of aromatic nitrogens is 1. The zero-order chi connectivity index (χ0) is 13.9. The van der Waals surface area contributed by atoms with E-state index >= 15 is 0 Å². The molecule has 0 saturated heterocycles. The number of hydrogen-bond acceptors (Lipinski definition) is 4. The molecule has 0 aliphatic carbocycles. The van der Waals surface area contributed by atoms with Crippen LogP contribution in [-0.2, 0) is 4.57 Å². The molecule has 1 heterocycles. The molecule has 0 spiro atoms. The lowest BCUT2D eigenvalue weighted by Gasteiger charge is -2.05. The summed E-state index contributed by atoms with van der Waals surface area (Å²) in [5.41, 5.74) is 1.57. The number of carbonyl (C=O) groups excluding carboxylic acids is 1. The SMILES string of the molecule is O=C(Nc1nc(-c2ccccc2)cs1)NP(=O)(O)O. The van der Waals surface area contributed by atoms with E-state index in [2.05, 4.69) is 10.3 Å². The summed E-state index contributed by atoms with van der Waals surface area (Å²) in [6.45, 7) is 0. The third kappa shape index (κ3) is 4.15. The number of anilines is 1. The van der Waals surface area contributed by atoms with E-state index in [0.29, 0.717) is 5.69 Å². The van der Waals surface area contributed by atoms with Gasteiger partial charge in [0.15, 0.2) is 5.13 Å². The first-order valence-electron chi connectivity index (χ1n) is 5.10. The van der Waals surface area contributed by atoms with Gasteiger partial charge in [0.05, 0.1) is 5.69 Å². The van der Waals surface area contributed by atoms with Crippen LogP contribution in [0.15, 0.2) is 35.7 Å². The van der Waals surface area contributed by atoms with Crippen LogP contribution < -0.4 is 10.4 Å². The van der Waals surface area contributed by atoms with Crippen LogP contribution >= 0.6 is 19.1 Å². The number of thiazole rings is 1. The second-order valence-corrected chi connectivity index (χ2v) is 5.68. The molecule has 0 aliphatic rings. The minimum Gasteiger partial charge on any atom is -0.308 e. The fourth-order valence-corrected chi connectivity index (χ4v) is 2.37. The van der Waals surface area contributed by atoms with Gasteiger partial charge < -0.3 is 9.79 Å². The summed E-state index contributed by atoms with van der Waals surface area (Å²) in [6, 6.07) is 8.35. The van der Waals surface area contributed by atoms with Crippen molar-refractivity contribution in [3.05, 3.63) is 35.7 Å². The van der Waals surface area contributed by atoms with Gasteiger partial charge in [-0.2, -0.15) is 0 Å². The van der Waals surface area contributed by atoms with Crippen molar-refractivity contribution in [2.24, 2.45) is 0 Å². The molecule has 2 amide bonds. The summed E-state index contributed by atoms with van der Waals surface area (Å²) >= 11 is 1.16. The third-order valence-electron chi connectivity index (χ3n) is 2.04. The smallest absolute Gasteiger partial charge is 0.308 e. The number of amides is 2. The minimum atomic E-state index is -4.60. The summed E-state index contributed by atoms with van der Waals surface area (Å²) in [4.78, 5) is 32.5. The maximum absolute atomic E-state index is 11.2. The fraction of sp³-hybridized carbons (Fsp3) is 0. The van der Waals surface area contributed by atoms with E-state index < -0.39 is 13.8 Å².